The number of Topliss-reactive ketones (excluding diaryl/α,β-unsaturated/α-hetero) is 1. The normalized spacial score (nSPS) is 11.1. The third kappa shape index (κ3) is 3.38. The van der Waals surface area contributed by atoms with Gasteiger partial charge in [-0.3, -0.25) is 9.52 Å². The van der Waals surface area contributed by atoms with Gasteiger partial charge in [-0.15, -0.1) is 0 Å². The SMILES string of the molecule is CC(=O)c1ccc(S(=O)(=O)Nc2ccc(O)c(F)c2)cc1. The van der Waals surface area contributed by atoms with Gasteiger partial charge in [-0.1, -0.05) is 12.1 Å². The lowest BCUT2D eigenvalue weighted by atomic mass is 10.2. The van der Waals surface area contributed by atoms with Crippen molar-refractivity contribution < 1.29 is 22.7 Å². The first-order valence-electron chi connectivity index (χ1n) is 5.92. The molecule has 0 saturated heterocycles. The summed E-state index contributed by atoms with van der Waals surface area (Å²) in [4.78, 5) is 11.1. The number of nitrogens with one attached hydrogen (secondary N) is 1. The Hall–Kier alpha value is -2.41. The van der Waals surface area contributed by atoms with Crippen molar-refractivity contribution in [1.29, 1.82) is 0 Å². The van der Waals surface area contributed by atoms with Crippen LogP contribution in [0.2, 0.25) is 0 Å². The fraction of sp³-hybridized carbons (Fsp3) is 0.0714. The Morgan fingerprint density at radius 3 is 2.29 bits per heavy atom. The van der Waals surface area contributed by atoms with Crippen molar-refractivity contribution in [2.45, 2.75) is 11.8 Å². The highest BCUT2D eigenvalue weighted by atomic mass is 32.2. The number of hydrogen-bond acceptors (Lipinski definition) is 4. The van der Waals surface area contributed by atoms with E-state index in [0.717, 1.165) is 12.1 Å². The van der Waals surface area contributed by atoms with Gasteiger partial charge in [0.2, 0.25) is 0 Å². The number of anilines is 1. The summed E-state index contributed by atoms with van der Waals surface area (Å²) in [5.74, 6) is -1.67. The van der Waals surface area contributed by atoms with Crippen LogP contribution < -0.4 is 4.72 Å². The monoisotopic (exact) mass is 309 g/mol. The maximum Gasteiger partial charge on any atom is 0.261 e. The van der Waals surface area contributed by atoms with E-state index in [1.54, 1.807) is 0 Å². The van der Waals surface area contributed by atoms with Crippen LogP contribution in [0.3, 0.4) is 0 Å². The lowest BCUT2D eigenvalue weighted by Gasteiger charge is -2.09. The summed E-state index contributed by atoms with van der Waals surface area (Å²) >= 11 is 0. The highest BCUT2D eigenvalue weighted by Gasteiger charge is 2.15. The number of carbonyl (C=O) groups excluding carboxylic acids is 1. The minimum Gasteiger partial charge on any atom is -0.505 e. The van der Waals surface area contributed by atoms with Crippen molar-refractivity contribution in [1.82, 2.24) is 0 Å². The van der Waals surface area contributed by atoms with Crippen molar-refractivity contribution in [3.63, 3.8) is 0 Å². The zero-order valence-electron chi connectivity index (χ0n) is 11.0. The van der Waals surface area contributed by atoms with E-state index in [0.29, 0.717) is 5.56 Å². The molecule has 0 spiro atoms. The summed E-state index contributed by atoms with van der Waals surface area (Å²) < 4.78 is 39.6. The second-order valence-electron chi connectivity index (χ2n) is 4.35. The standard InChI is InChI=1S/C14H12FNO4S/c1-9(17)10-2-5-12(6-3-10)21(19,20)16-11-4-7-14(18)13(15)8-11/h2-8,16,18H,1H3. The molecular weight excluding hydrogens is 297 g/mol. The van der Waals surface area contributed by atoms with Gasteiger partial charge in [-0.2, -0.15) is 0 Å². The first-order valence-corrected chi connectivity index (χ1v) is 7.40. The average molecular weight is 309 g/mol. The number of hydrogen-bond donors (Lipinski definition) is 2. The number of benzene rings is 2. The Morgan fingerprint density at radius 1 is 1.14 bits per heavy atom. The Morgan fingerprint density at radius 2 is 1.76 bits per heavy atom. The van der Waals surface area contributed by atoms with Crippen LogP contribution >= 0.6 is 0 Å². The molecule has 0 aromatic heterocycles. The molecule has 0 heterocycles. The molecule has 5 nitrogen and oxygen atoms in total. The molecule has 7 heteroatoms. The minimum atomic E-state index is -3.89. The van der Waals surface area contributed by atoms with Gasteiger partial charge in [0.05, 0.1) is 10.6 Å². The van der Waals surface area contributed by atoms with Crippen molar-refractivity contribution in [2.24, 2.45) is 0 Å². The fourth-order valence-electron chi connectivity index (χ4n) is 1.65. The molecular formula is C14H12FNO4S. The van der Waals surface area contributed by atoms with Crippen LogP contribution in [0, 0.1) is 5.82 Å². The lowest BCUT2D eigenvalue weighted by Crippen LogP contribution is -2.13. The summed E-state index contributed by atoms with van der Waals surface area (Å²) in [5.41, 5.74) is 0.380. The fourth-order valence-corrected chi connectivity index (χ4v) is 2.70. The predicted octanol–water partition coefficient (Wildman–Crippen LogP) is 2.53. The van der Waals surface area contributed by atoms with Crippen molar-refractivity contribution in [3.05, 3.63) is 53.8 Å². The number of halogens is 1. The Balaban J connectivity index is 2.29. The van der Waals surface area contributed by atoms with E-state index in [1.165, 1.54) is 37.3 Å². The highest BCUT2D eigenvalue weighted by Crippen LogP contribution is 2.22. The Labute approximate surface area is 121 Å². The minimum absolute atomic E-state index is 0.0130. The molecule has 0 fully saturated rings. The third-order valence-electron chi connectivity index (χ3n) is 2.77. The van der Waals surface area contributed by atoms with Crippen LogP contribution in [-0.2, 0) is 10.0 Å². The number of aromatic hydroxyl groups is 1. The molecule has 0 aliphatic rings. The van der Waals surface area contributed by atoms with E-state index in [2.05, 4.69) is 4.72 Å². The number of carbonyl (C=O) groups is 1. The summed E-state index contributed by atoms with van der Waals surface area (Å²) in [5, 5.41) is 9.06. The van der Waals surface area contributed by atoms with Crippen LogP contribution in [0.4, 0.5) is 10.1 Å². The van der Waals surface area contributed by atoms with Gasteiger partial charge < -0.3 is 5.11 Å². The molecule has 0 aliphatic carbocycles. The van der Waals surface area contributed by atoms with E-state index in [-0.39, 0.29) is 16.4 Å². The topological polar surface area (TPSA) is 83.5 Å². The quantitative estimate of drug-likeness (QED) is 0.671. The summed E-state index contributed by atoms with van der Waals surface area (Å²) in [7, 11) is -3.89. The number of phenolic OH excluding ortho intramolecular Hbond substituents is 1. The van der Waals surface area contributed by atoms with Gasteiger partial charge >= 0.3 is 0 Å². The Kier molecular flexibility index (Phi) is 3.95. The second-order valence-corrected chi connectivity index (χ2v) is 6.03. The van der Waals surface area contributed by atoms with Gasteiger partial charge in [0, 0.05) is 11.6 Å². The molecule has 21 heavy (non-hydrogen) atoms. The molecule has 2 aromatic carbocycles. The average Bonchev–Trinajstić information content (AvgIpc) is 2.43. The lowest BCUT2D eigenvalue weighted by molar-refractivity contribution is 0.101. The van der Waals surface area contributed by atoms with Gasteiger partial charge in [0.1, 0.15) is 0 Å². The largest absolute Gasteiger partial charge is 0.505 e. The molecule has 0 aliphatic heterocycles. The first-order chi connectivity index (χ1) is 9.79. The summed E-state index contributed by atoms with van der Waals surface area (Å²) in [6.45, 7) is 1.38. The maximum absolute atomic E-state index is 13.2. The van der Waals surface area contributed by atoms with Gasteiger partial charge in [-0.05, 0) is 31.2 Å². The molecule has 0 amide bonds. The molecule has 2 N–H and O–H groups in total. The van der Waals surface area contributed by atoms with E-state index in [4.69, 9.17) is 5.11 Å². The predicted molar refractivity (Wildman–Crippen MR) is 75.3 cm³/mol. The summed E-state index contributed by atoms with van der Waals surface area (Å²) in [6.07, 6.45) is 0. The number of ketones is 1. The number of rotatable bonds is 4. The van der Waals surface area contributed by atoms with E-state index in [1.807, 2.05) is 0 Å². The molecule has 0 saturated carbocycles. The summed E-state index contributed by atoms with van der Waals surface area (Å²) in [6, 6.07) is 8.52. The third-order valence-corrected chi connectivity index (χ3v) is 4.17. The van der Waals surface area contributed by atoms with E-state index >= 15 is 0 Å². The van der Waals surface area contributed by atoms with Crippen LogP contribution in [-0.4, -0.2) is 19.3 Å². The zero-order valence-corrected chi connectivity index (χ0v) is 11.8. The zero-order chi connectivity index (χ0) is 15.6. The van der Waals surface area contributed by atoms with Gasteiger partial charge in [0.15, 0.2) is 17.3 Å². The molecule has 0 radical (unpaired) electrons. The maximum atomic E-state index is 13.2. The van der Waals surface area contributed by atoms with Crippen LogP contribution in [0.15, 0.2) is 47.4 Å². The van der Waals surface area contributed by atoms with Crippen LogP contribution in [0.5, 0.6) is 5.75 Å². The second kappa shape index (κ2) is 5.53. The van der Waals surface area contributed by atoms with Crippen molar-refractivity contribution in [3.8, 4) is 5.75 Å². The van der Waals surface area contributed by atoms with Crippen LogP contribution in [0.25, 0.3) is 0 Å². The molecule has 0 atom stereocenters. The van der Waals surface area contributed by atoms with Crippen molar-refractivity contribution >= 4 is 21.5 Å². The molecule has 0 unspecified atom stereocenters. The van der Waals surface area contributed by atoms with E-state index < -0.39 is 21.6 Å². The number of phenols is 1. The van der Waals surface area contributed by atoms with Gasteiger partial charge in [0.25, 0.3) is 10.0 Å². The highest BCUT2D eigenvalue weighted by molar-refractivity contribution is 7.92. The first kappa shape index (κ1) is 15.0. The Bertz CT molecular complexity index is 785. The molecule has 2 aromatic rings. The molecule has 2 rings (SSSR count). The van der Waals surface area contributed by atoms with E-state index in [9.17, 15) is 17.6 Å². The van der Waals surface area contributed by atoms with Crippen molar-refractivity contribution in [2.75, 3.05) is 4.72 Å². The van der Waals surface area contributed by atoms with Crippen LogP contribution in [0.1, 0.15) is 17.3 Å². The smallest absolute Gasteiger partial charge is 0.261 e. The molecule has 110 valence electrons. The molecule has 0 bridgehead atoms. The van der Waals surface area contributed by atoms with Gasteiger partial charge in [-0.25, -0.2) is 12.8 Å². The number of sulfonamides is 1.